The molecule has 4 aromatic carbocycles. The number of carbonyl (C=O) groups is 1. The fourth-order valence-electron chi connectivity index (χ4n) is 3.58. The van der Waals surface area contributed by atoms with Gasteiger partial charge in [0, 0.05) is 16.1 Å². The predicted octanol–water partition coefficient (Wildman–Crippen LogP) is 6.42. The minimum atomic E-state index is -0.501. The zero-order valence-electron chi connectivity index (χ0n) is 17.0. The summed E-state index contributed by atoms with van der Waals surface area (Å²) in [4.78, 5) is 16.8. The largest absolute Gasteiger partial charge is 0.488 e. The van der Waals surface area contributed by atoms with Gasteiger partial charge in [0.2, 0.25) is 5.90 Å². The van der Waals surface area contributed by atoms with E-state index >= 15 is 0 Å². The van der Waals surface area contributed by atoms with Crippen LogP contribution in [0.4, 0.5) is 0 Å². The maximum atomic E-state index is 12.4. The maximum absolute atomic E-state index is 12.4. The van der Waals surface area contributed by atoms with Crippen LogP contribution in [0.1, 0.15) is 16.7 Å². The molecular formula is C27H18ClNO3. The number of esters is 1. The van der Waals surface area contributed by atoms with Crippen molar-refractivity contribution < 1.29 is 14.3 Å². The molecule has 5 heteroatoms. The Kier molecular flexibility index (Phi) is 5.44. The van der Waals surface area contributed by atoms with Gasteiger partial charge in [-0.2, -0.15) is 0 Å². The molecule has 0 N–H and O–H groups in total. The zero-order chi connectivity index (χ0) is 21.9. The van der Waals surface area contributed by atoms with Gasteiger partial charge >= 0.3 is 5.97 Å². The molecule has 0 bridgehead atoms. The molecule has 1 aliphatic rings. The highest BCUT2D eigenvalue weighted by Crippen LogP contribution is 2.27. The van der Waals surface area contributed by atoms with Crippen LogP contribution in [0.2, 0.25) is 5.02 Å². The van der Waals surface area contributed by atoms with E-state index in [1.54, 1.807) is 30.3 Å². The lowest BCUT2D eigenvalue weighted by Crippen LogP contribution is -2.05. The van der Waals surface area contributed by atoms with Crippen molar-refractivity contribution in [2.45, 2.75) is 6.61 Å². The molecule has 1 heterocycles. The Morgan fingerprint density at radius 2 is 1.62 bits per heavy atom. The van der Waals surface area contributed by atoms with Gasteiger partial charge in [0.1, 0.15) is 12.4 Å². The van der Waals surface area contributed by atoms with Crippen molar-refractivity contribution in [3.63, 3.8) is 0 Å². The van der Waals surface area contributed by atoms with E-state index < -0.39 is 5.97 Å². The number of aliphatic imine (C=N–C) groups is 1. The van der Waals surface area contributed by atoms with Crippen molar-refractivity contribution in [2.24, 2.45) is 4.99 Å². The third-order valence-electron chi connectivity index (χ3n) is 5.19. The fourth-order valence-corrected chi connectivity index (χ4v) is 3.70. The van der Waals surface area contributed by atoms with Crippen molar-refractivity contribution in [1.29, 1.82) is 0 Å². The number of fused-ring (bicyclic) bond motifs is 1. The van der Waals surface area contributed by atoms with Crippen LogP contribution in [0.5, 0.6) is 5.75 Å². The van der Waals surface area contributed by atoms with E-state index in [4.69, 9.17) is 21.1 Å². The molecule has 156 valence electrons. The SMILES string of the molecule is O=C1OC(c2ccc(Cl)cc2)=NC1=Cc1ccccc1OCc1cccc2ccccc12. The van der Waals surface area contributed by atoms with Gasteiger partial charge in [-0.05, 0) is 52.7 Å². The summed E-state index contributed by atoms with van der Waals surface area (Å²) in [5.74, 6) is 0.418. The first-order chi connectivity index (χ1) is 15.7. The van der Waals surface area contributed by atoms with E-state index in [0.29, 0.717) is 22.9 Å². The second-order valence-corrected chi connectivity index (χ2v) is 7.74. The van der Waals surface area contributed by atoms with E-state index in [2.05, 4.69) is 29.3 Å². The van der Waals surface area contributed by atoms with Gasteiger partial charge < -0.3 is 9.47 Å². The van der Waals surface area contributed by atoms with Gasteiger partial charge in [0.15, 0.2) is 5.70 Å². The Labute approximate surface area is 190 Å². The number of rotatable bonds is 5. The third-order valence-corrected chi connectivity index (χ3v) is 5.44. The Morgan fingerprint density at radius 3 is 2.50 bits per heavy atom. The number of hydrogen-bond donors (Lipinski definition) is 0. The normalized spacial score (nSPS) is 14.5. The second kappa shape index (κ2) is 8.69. The van der Waals surface area contributed by atoms with E-state index in [0.717, 1.165) is 16.5 Å². The van der Waals surface area contributed by atoms with Crippen molar-refractivity contribution in [2.75, 3.05) is 0 Å². The smallest absolute Gasteiger partial charge is 0.363 e. The number of cyclic esters (lactones) is 1. The molecule has 0 aliphatic carbocycles. The average molecular weight is 440 g/mol. The first-order valence-corrected chi connectivity index (χ1v) is 10.5. The first-order valence-electron chi connectivity index (χ1n) is 10.1. The molecule has 0 aromatic heterocycles. The molecule has 4 aromatic rings. The summed E-state index contributed by atoms with van der Waals surface area (Å²) in [5.41, 5.74) is 2.75. The molecule has 32 heavy (non-hydrogen) atoms. The Morgan fingerprint density at radius 1 is 0.875 bits per heavy atom. The lowest BCUT2D eigenvalue weighted by Gasteiger charge is -2.11. The molecule has 0 atom stereocenters. The van der Waals surface area contributed by atoms with Gasteiger partial charge in [-0.3, -0.25) is 0 Å². The van der Waals surface area contributed by atoms with Crippen LogP contribution in [0.25, 0.3) is 16.8 Å². The highest BCUT2D eigenvalue weighted by molar-refractivity contribution is 6.30. The number of hydrogen-bond acceptors (Lipinski definition) is 4. The summed E-state index contributed by atoms with van der Waals surface area (Å²) >= 11 is 5.93. The van der Waals surface area contributed by atoms with Crippen LogP contribution in [0, 0.1) is 0 Å². The van der Waals surface area contributed by atoms with Crippen LogP contribution in [0.15, 0.2) is 102 Å². The highest BCUT2D eigenvalue weighted by atomic mass is 35.5. The Bertz CT molecular complexity index is 1370. The number of ether oxygens (including phenoxy) is 2. The molecule has 0 fully saturated rings. The molecule has 0 unspecified atom stereocenters. The molecule has 0 saturated heterocycles. The molecule has 4 nitrogen and oxygen atoms in total. The quantitative estimate of drug-likeness (QED) is 0.266. The molecule has 0 saturated carbocycles. The van der Waals surface area contributed by atoms with Crippen LogP contribution >= 0.6 is 11.6 Å². The number of benzene rings is 4. The van der Waals surface area contributed by atoms with Gasteiger partial charge in [-0.25, -0.2) is 9.79 Å². The van der Waals surface area contributed by atoms with E-state index in [-0.39, 0.29) is 11.6 Å². The summed E-state index contributed by atoms with van der Waals surface area (Å²) < 4.78 is 11.5. The predicted molar refractivity (Wildman–Crippen MR) is 127 cm³/mol. The summed E-state index contributed by atoms with van der Waals surface area (Å²) in [6, 6.07) is 28.9. The van der Waals surface area contributed by atoms with Crippen molar-refractivity contribution in [1.82, 2.24) is 0 Å². The molecular weight excluding hydrogens is 422 g/mol. The summed E-state index contributed by atoms with van der Waals surface area (Å²) in [6.07, 6.45) is 1.68. The van der Waals surface area contributed by atoms with E-state index in [1.165, 1.54) is 5.39 Å². The monoisotopic (exact) mass is 439 g/mol. The number of halogens is 1. The average Bonchev–Trinajstić information content (AvgIpc) is 3.19. The van der Waals surface area contributed by atoms with Gasteiger partial charge in [-0.1, -0.05) is 72.3 Å². The van der Waals surface area contributed by atoms with Crippen molar-refractivity contribution >= 4 is 40.3 Å². The van der Waals surface area contributed by atoms with E-state index in [9.17, 15) is 4.79 Å². The highest BCUT2D eigenvalue weighted by Gasteiger charge is 2.24. The summed E-state index contributed by atoms with van der Waals surface area (Å²) in [5, 5.41) is 2.93. The lowest BCUT2D eigenvalue weighted by molar-refractivity contribution is -0.129. The number of para-hydroxylation sites is 1. The Balaban J connectivity index is 1.41. The zero-order valence-corrected chi connectivity index (χ0v) is 17.8. The van der Waals surface area contributed by atoms with Crippen molar-refractivity contribution in [3.05, 3.63) is 118 Å². The second-order valence-electron chi connectivity index (χ2n) is 7.31. The van der Waals surface area contributed by atoms with Gasteiger partial charge in [0.05, 0.1) is 0 Å². The van der Waals surface area contributed by atoms with Crippen LogP contribution < -0.4 is 4.74 Å². The summed E-state index contributed by atoms with van der Waals surface area (Å²) in [6.45, 7) is 0.408. The number of carbonyl (C=O) groups excluding carboxylic acids is 1. The first kappa shape index (κ1) is 20.0. The van der Waals surface area contributed by atoms with E-state index in [1.807, 2.05) is 42.5 Å². The molecule has 1 aliphatic heterocycles. The maximum Gasteiger partial charge on any atom is 0.363 e. The summed E-state index contributed by atoms with van der Waals surface area (Å²) in [7, 11) is 0. The Hall–Kier alpha value is -3.89. The topological polar surface area (TPSA) is 47.9 Å². The third kappa shape index (κ3) is 4.13. The molecule has 0 radical (unpaired) electrons. The minimum absolute atomic E-state index is 0.219. The minimum Gasteiger partial charge on any atom is -0.488 e. The lowest BCUT2D eigenvalue weighted by atomic mass is 10.1. The fraction of sp³-hybridized carbons (Fsp3) is 0.0370. The molecule has 5 rings (SSSR count). The number of nitrogens with zero attached hydrogens (tertiary/aromatic N) is 1. The standard InChI is InChI=1S/C27H18ClNO3/c28-22-14-12-19(13-15-22)26-29-24(27(30)32-26)16-20-7-2-4-11-25(20)31-17-21-9-5-8-18-6-1-3-10-23(18)21/h1-16H,17H2. The van der Waals surface area contributed by atoms with Crippen LogP contribution in [-0.2, 0) is 16.1 Å². The van der Waals surface area contributed by atoms with Crippen molar-refractivity contribution in [3.8, 4) is 5.75 Å². The van der Waals surface area contributed by atoms with Gasteiger partial charge in [0.25, 0.3) is 0 Å². The van der Waals surface area contributed by atoms with Crippen LogP contribution in [0.3, 0.4) is 0 Å². The van der Waals surface area contributed by atoms with Crippen LogP contribution in [-0.4, -0.2) is 11.9 Å². The molecule has 0 amide bonds. The molecule has 0 spiro atoms. The van der Waals surface area contributed by atoms with Gasteiger partial charge in [-0.15, -0.1) is 0 Å².